The van der Waals surface area contributed by atoms with Gasteiger partial charge in [0.05, 0.1) is 0 Å². The zero-order valence-electron chi connectivity index (χ0n) is 8.70. The summed E-state index contributed by atoms with van der Waals surface area (Å²) >= 11 is 0. The highest BCUT2D eigenvalue weighted by molar-refractivity contribution is 5.96. The Balaban J connectivity index is 2.73. The van der Waals surface area contributed by atoms with Gasteiger partial charge in [-0.1, -0.05) is 13.8 Å². The van der Waals surface area contributed by atoms with Crippen LogP contribution in [0.2, 0.25) is 0 Å². The molecule has 15 heavy (non-hydrogen) atoms. The first-order valence-electron chi connectivity index (χ1n) is 4.41. The molecule has 0 atom stereocenters. The molecule has 2 N–H and O–H groups in total. The third-order valence-corrected chi connectivity index (χ3v) is 1.55. The minimum Gasteiger partial charge on any atom is -0.305 e. The van der Waals surface area contributed by atoms with Crippen molar-refractivity contribution in [3.8, 4) is 0 Å². The second kappa shape index (κ2) is 4.54. The van der Waals surface area contributed by atoms with Crippen molar-refractivity contribution in [2.45, 2.75) is 20.8 Å². The quantitative estimate of drug-likeness (QED) is 0.765. The number of amides is 2. The molecular formula is C8H12N4O3. The van der Waals surface area contributed by atoms with Crippen molar-refractivity contribution in [3.05, 3.63) is 0 Å². The highest BCUT2D eigenvalue weighted by atomic mass is 16.6. The second-order valence-corrected chi connectivity index (χ2v) is 3.29. The smallest absolute Gasteiger partial charge is 0.228 e. The van der Waals surface area contributed by atoms with E-state index >= 15 is 0 Å². The Morgan fingerprint density at radius 2 is 1.73 bits per heavy atom. The molecule has 0 radical (unpaired) electrons. The van der Waals surface area contributed by atoms with Crippen LogP contribution in [0.25, 0.3) is 0 Å². The number of rotatable bonds is 3. The maximum Gasteiger partial charge on any atom is 0.228 e. The van der Waals surface area contributed by atoms with Gasteiger partial charge in [0.25, 0.3) is 0 Å². The summed E-state index contributed by atoms with van der Waals surface area (Å²) in [5, 5.41) is 11.7. The topological polar surface area (TPSA) is 97.1 Å². The summed E-state index contributed by atoms with van der Waals surface area (Å²) in [7, 11) is 0. The molecular weight excluding hydrogens is 200 g/mol. The number of carbonyl (C=O) groups excluding carboxylic acids is 2. The SMILES string of the molecule is CC(=O)Nc1nonc1NC(=O)C(C)C. The van der Waals surface area contributed by atoms with E-state index in [1.807, 2.05) is 0 Å². The first kappa shape index (κ1) is 11.2. The number of anilines is 2. The van der Waals surface area contributed by atoms with Crippen LogP contribution >= 0.6 is 0 Å². The summed E-state index contributed by atoms with van der Waals surface area (Å²) in [6, 6.07) is 0. The molecule has 1 aromatic rings. The summed E-state index contributed by atoms with van der Waals surface area (Å²) in [6.45, 7) is 4.80. The lowest BCUT2D eigenvalue weighted by Crippen LogP contribution is -2.19. The van der Waals surface area contributed by atoms with Crippen molar-refractivity contribution in [1.29, 1.82) is 0 Å². The van der Waals surface area contributed by atoms with Gasteiger partial charge in [-0.05, 0) is 10.3 Å². The number of aromatic nitrogens is 2. The van der Waals surface area contributed by atoms with E-state index < -0.39 is 0 Å². The van der Waals surface area contributed by atoms with Crippen molar-refractivity contribution in [3.63, 3.8) is 0 Å². The van der Waals surface area contributed by atoms with Gasteiger partial charge >= 0.3 is 0 Å². The maximum atomic E-state index is 11.3. The van der Waals surface area contributed by atoms with Gasteiger partial charge in [-0.2, -0.15) is 0 Å². The first-order chi connectivity index (χ1) is 7.00. The zero-order chi connectivity index (χ0) is 11.4. The molecule has 0 saturated heterocycles. The van der Waals surface area contributed by atoms with Gasteiger partial charge in [-0.25, -0.2) is 4.63 Å². The Bertz CT molecular complexity index is 372. The van der Waals surface area contributed by atoms with Crippen LogP contribution in [-0.4, -0.2) is 22.1 Å². The number of carbonyl (C=O) groups is 2. The Morgan fingerprint density at radius 1 is 1.20 bits per heavy atom. The Labute approximate surface area is 86.2 Å². The number of hydrogen-bond acceptors (Lipinski definition) is 5. The lowest BCUT2D eigenvalue weighted by Gasteiger charge is -2.04. The van der Waals surface area contributed by atoms with Crippen LogP contribution in [-0.2, 0) is 9.59 Å². The molecule has 7 heteroatoms. The van der Waals surface area contributed by atoms with E-state index in [2.05, 4.69) is 25.6 Å². The van der Waals surface area contributed by atoms with E-state index in [0.29, 0.717) is 0 Å². The molecule has 0 bridgehead atoms. The van der Waals surface area contributed by atoms with Crippen LogP contribution in [0.1, 0.15) is 20.8 Å². The molecule has 0 spiro atoms. The molecule has 82 valence electrons. The highest BCUT2D eigenvalue weighted by Gasteiger charge is 2.15. The molecule has 0 aliphatic rings. The number of nitrogens with one attached hydrogen (secondary N) is 2. The van der Waals surface area contributed by atoms with E-state index in [0.717, 1.165) is 0 Å². The van der Waals surface area contributed by atoms with E-state index in [9.17, 15) is 9.59 Å². The minimum atomic E-state index is -0.314. The molecule has 2 amide bonds. The molecule has 0 aliphatic heterocycles. The molecule has 0 unspecified atom stereocenters. The first-order valence-corrected chi connectivity index (χ1v) is 4.41. The summed E-state index contributed by atoms with van der Waals surface area (Å²) in [5.41, 5.74) is 0. The van der Waals surface area contributed by atoms with Crippen molar-refractivity contribution < 1.29 is 14.2 Å². The summed E-state index contributed by atoms with van der Waals surface area (Å²) < 4.78 is 4.40. The van der Waals surface area contributed by atoms with E-state index in [1.54, 1.807) is 13.8 Å². The van der Waals surface area contributed by atoms with Crippen molar-refractivity contribution in [2.75, 3.05) is 10.6 Å². The molecule has 0 aliphatic carbocycles. The van der Waals surface area contributed by atoms with Gasteiger partial charge in [0, 0.05) is 12.8 Å². The van der Waals surface area contributed by atoms with Gasteiger partial charge in [-0.3, -0.25) is 9.59 Å². The van der Waals surface area contributed by atoms with E-state index in [1.165, 1.54) is 6.92 Å². The number of nitrogens with zero attached hydrogens (tertiary/aromatic N) is 2. The second-order valence-electron chi connectivity index (χ2n) is 3.29. The van der Waals surface area contributed by atoms with Gasteiger partial charge in [-0.15, -0.1) is 0 Å². The standard InChI is InChI=1S/C8H12N4O3/c1-4(2)8(14)10-7-6(9-5(3)13)11-15-12-7/h4H,1-3H3,(H,9,11,13)(H,10,12,14). The third-order valence-electron chi connectivity index (χ3n) is 1.55. The fraction of sp³-hybridized carbons (Fsp3) is 0.500. The molecule has 7 nitrogen and oxygen atoms in total. The largest absolute Gasteiger partial charge is 0.305 e. The van der Waals surface area contributed by atoms with E-state index in [4.69, 9.17) is 0 Å². The highest BCUT2D eigenvalue weighted by Crippen LogP contribution is 2.16. The van der Waals surface area contributed by atoms with Crippen molar-refractivity contribution in [2.24, 2.45) is 5.92 Å². The maximum absolute atomic E-state index is 11.3. The fourth-order valence-corrected chi connectivity index (χ4v) is 0.780. The van der Waals surface area contributed by atoms with E-state index in [-0.39, 0.29) is 29.4 Å². The average molecular weight is 212 g/mol. The molecule has 0 fully saturated rings. The predicted octanol–water partition coefficient (Wildman–Crippen LogP) is 0.622. The van der Waals surface area contributed by atoms with Crippen LogP contribution in [0.3, 0.4) is 0 Å². The summed E-state index contributed by atoms with van der Waals surface area (Å²) in [6.07, 6.45) is 0. The van der Waals surface area contributed by atoms with Crippen LogP contribution in [0.4, 0.5) is 11.6 Å². The van der Waals surface area contributed by atoms with Gasteiger partial charge in [0.1, 0.15) is 0 Å². The van der Waals surface area contributed by atoms with Crippen LogP contribution < -0.4 is 10.6 Å². The molecule has 0 aromatic carbocycles. The van der Waals surface area contributed by atoms with Crippen LogP contribution in [0.5, 0.6) is 0 Å². The van der Waals surface area contributed by atoms with Gasteiger partial charge in [0.2, 0.25) is 23.5 Å². The Kier molecular flexibility index (Phi) is 3.37. The number of hydrogen-bond donors (Lipinski definition) is 2. The molecule has 1 rings (SSSR count). The summed E-state index contributed by atoms with van der Waals surface area (Å²) in [5.74, 6) is -0.504. The predicted molar refractivity (Wildman–Crippen MR) is 52.1 cm³/mol. The molecule has 1 heterocycles. The third kappa shape index (κ3) is 3.04. The normalized spacial score (nSPS) is 10.1. The summed E-state index contributed by atoms with van der Waals surface area (Å²) in [4.78, 5) is 22.1. The molecule has 0 saturated carbocycles. The van der Waals surface area contributed by atoms with Crippen molar-refractivity contribution in [1.82, 2.24) is 10.3 Å². The minimum absolute atomic E-state index is 0.108. The van der Waals surface area contributed by atoms with Crippen molar-refractivity contribution >= 4 is 23.5 Å². The zero-order valence-corrected chi connectivity index (χ0v) is 8.70. The monoisotopic (exact) mass is 212 g/mol. The van der Waals surface area contributed by atoms with Crippen LogP contribution in [0, 0.1) is 5.92 Å². The Morgan fingerprint density at radius 3 is 2.20 bits per heavy atom. The van der Waals surface area contributed by atoms with Crippen LogP contribution in [0.15, 0.2) is 4.63 Å². The molecule has 1 aromatic heterocycles. The van der Waals surface area contributed by atoms with Gasteiger partial charge < -0.3 is 10.6 Å². The van der Waals surface area contributed by atoms with Gasteiger partial charge in [0.15, 0.2) is 0 Å². The average Bonchev–Trinajstić information content (AvgIpc) is 2.51. The fourth-order valence-electron chi connectivity index (χ4n) is 0.780. The lowest BCUT2D eigenvalue weighted by molar-refractivity contribution is -0.119. The Hall–Kier alpha value is -1.92. The lowest BCUT2D eigenvalue weighted by atomic mass is 10.2.